The maximum Gasteiger partial charge on any atom is 0.223 e. The molecule has 0 aromatic heterocycles. The zero-order valence-corrected chi connectivity index (χ0v) is 13.5. The molecule has 0 heterocycles. The lowest BCUT2D eigenvalue weighted by molar-refractivity contribution is -0.125. The highest BCUT2D eigenvalue weighted by Gasteiger charge is 2.15. The van der Waals surface area contributed by atoms with Gasteiger partial charge in [-0.1, -0.05) is 67.6 Å². The first-order valence-corrected chi connectivity index (χ1v) is 8.06. The van der Waals surface area contributed by atoms with Crippen molar-refractivity contribution in [1.29, 1.82) is 0 Å². The third-order valence-electron chi connectivity index (χ3n) is 4.05. The molecule has 0 fully saturated rings. The van der Waals surface area contributed by atoms with Gasteiger partial charge in [0.2, 0.25) is 5.91 Å². The number of rotatable bonds is 7. The van der Waals surface area contributed by atoms with Crippen LogP contribution in [-0.2, 0) is 11.2 Å². The minimum Gasteiger partial charge on any atom is -0.349 e. The van der Waals surface area contributed by atoms with E-state index in [4.69, 9.17) is 0 Å². The molecule has 0 aliphatic carbocycles. The number of nitrogens with one attached hydrogen (secondary N) is 1. The lowest BCUT2D eigenvalue weighted by Gasteiger charge is -2.18. The second-order valence-corrected chi connectivity index (χ2v) is 5.92. The SMILES string of the molecule is CC(CCCc1ccccc1)C(=O)NC(C)c1ccccc1. The number of aryl methyl sites for hydroxylation is 1. The Bertz CT molecular complexity index is 565. The number of benzene rings is 2. The molecule has 0 radical (unpaired) electrons. The maximum absolute atomic E-state index is 12.3. The van der Waals surface area contributed by atoms with Gasteiger partial charge in [-0.05, 0) is 37.3 Å². The molecule has 2 unspecified atom stereocenters. The van der Waals surface area contributed by atoms with Crippen LogP contribution in [0.25, 0.3) is 0 Å². The van der Waals surface area contributed by atoms with Crippen molar-refractivity contribution in [1.82, 2.24) is 5.32 Å². The minimum atomic E-state index is 0.0508. The normalized spacial score (nSPS) is 13.4. The van der Waals surface area contributed by atoms with Crippen molar-refractivity contribution in [2.45, 2.75) is 39.2 Å². The molecule has 2 heteroatoms. The predicted octanol–water partition coefficient (Wildman–Crippen LogP) is 4.52. The van der Waals surface area contributed by atoms with Gasteiger partial charge in [0.1, 0.15) is 0 Å². The number of amides is 1. The van der Waals surface area contributed by atoms with Gasteiger partial charge >= 0.3 is 0 Å². The van der Waals surface area contributed by atoms with E-state index in [0.29, 0.717) is 0 Å². The highest BCUT2D eigenvalue weighted by atomic mass is 16.1. The summed E-state index contributed by atoms with van der Waals surface area (Å²) in [4.78, 5) is 12.3. The van der Waals surface area contributed by atoms with Crippen molar-refractivity contribution in [3.8, 4) is 0 Å². The predicted molar refractivity (Wildman–Crippen MR) is 91.5 cm³/mol. The van der Waals surface area contributed by atoms with Crippen LogP contribution in [0.3, 0.4) is 0 Å². The van der Waals surface area contributed by atoms with E-state index in [2.05, 4.69) is 29.6 Å². The molecule has 2 aromatic rings. The zero-order chi connectivity index (χ0) is 15.8. The molecule has 2 aromatic carbocycles. The van der Waals surface area contributed by atoms with Gasteiger partial charge in [0.15, 0.2) is 0 Å². The van der Waals surface area contributed by atoms with E-state index in [0.717, 1.165) is 24.8 Å². The first-order valence-electron chi connectivity index (χ1n) is 8.06. The maximum atomic E-state index is 12.3. The monoisotopic (exact) mass is 295 g/mol. The summed E-state index contributed by atoms with van der Waals surface area (Å²) in [5.41, 5.74) is 2.49. The van der Waals surface area contributed by atoms with Crippen molar-refractivity contribution in [2.24, 2.45) is 5.92 Å². The molecule has 0 spiro atoms. The lowest BCUT2D eigenvalue weighted by atomic mass is 9.99. The van der Waals surface area contributed by atoms with E-state index in [1.807, 2.05) is 50.2 Å². The lowest BCUT2D eigenvalue weighted by Crippen LogP contribution is -2.31. The molecule has 2 rings (SSSR count). The van der Waals surface area contributed by atoms with Crippen LogP contribution in [0.2, 0.25) is 0 Å². The van der Waals surface area contributed by atoms with Crippen LogP contribution >= 0.6 is 0 Å². The summed E-state index contributed by atoms with van der Waals surface area (Å²) in [6.45, 7) is 4.04. The number of hydrogen-bond donors (Lipinski definition) is 1. The average molecular weight is 295 g/mol. The van der Waals surface area contributed by atoms with Gasteiger partial charge in [0.25, 0.3) is 0 Å². The summed E-state index contributed by atoms with van der Waals surface area (Å²) in [6.07, 6.45) is 2.99. The highest BCUT2D eigenvalue weighted by Crippen LogP contribution is 2.15. The third-order valence-corrected chi connectivity index (χ3v) is 4.05. The summed E-state index contributed by atoms with van der Waals surface area (Å²) in [5.74, 6) is 0.194. The smallest absolute Gasteiger partial charge is 0.223 e. The number of carbonyl (C=O) groups excluding carboxylic acids is 1. The Labute approximate surface area is 133 Å². The Balaban J connectivity index is 1.75. The fraction of sp³-hybridized carbons (Fsp3) is 0.350. The highest BCUT2D eigenvalue weighted by molar-refractivity contribution is 5.78. The van der Waals surface area contributed by atoms with Gasteiger partial charge in [-0.2, -0.15) is 0 Å². The molecule has 0 bridgehead atoms. The first-order chi connectivity index (χ1) is 10.7. The molecule has 0 saturated heterocycles. The van der Waals surface area contributed by atoms with Crippen molar-refractivity contribution in [3.05, 3.63) is 71.8 Å². The fourth-order valence-electron chi connectivity index (χ4n) is 2.57. The Morgan fingerprint density at radius 3 is 2.18 bits per heavy atom. The van der Waals surface area contributed by atoms with Crippen molar-refractivity contribution in [3.63, 3.8) is 0 Å². The topological polar surface area (TPSA) is 29.1 Å². The quantitative estimate of drug-likeness (QED) is 0.799. The summed E-state index contributed by atoms with van der Waals surface area (Å²) < 4.78 is 0. The minimum absolute atomic E-state index is 0.0508. The Hall–Kier alpha value is -2.09. The van der Waals surface area contributed by atoms with E-state index in [1.165, 1.54) is 5.56 Å². The molecule has 0 aliphatic rings. The summed E-state index contributed by atoms with van der Waals surface area (Å²) in [5, 5.41) is 3.11. The largest absolute Gasteiger partial charge is 0.349 e. The van der Waals surface area contributed by atoms with Gasteiger partial charge in [-0.25, -0.2) is 0 Å². The van der Waals surface area contributed by atoms with Crippen LogP contribution in [0, 0.1) is 5.92 Å². The number of carbonyl (C=O) groups is 1. The second kappa shape index (κ2) is 8.38. The first kappa shape index (κ1) is 16.3. The van der Waals surface area contributed by atoms with E-state index in [1.54, 1.807) is 0 Å². The molecule has 22 heavy (non-hydrogen) atoms. The molecule has 1 amide bonds. The summed E-state index contributed by atoms with van der Waals surface area (Å²) in [6, 6.07) is 20.6. The zero-order valence-electron chi connectivity index (χ0n) is 13.5. The molecule has 1 N–H and O–H groups in total. The van der Waals surface area contributed by atoms with Crippen LogP contribution in [0.1, 0.15) is 43.9 Å². The molecule has 0 saturated carbocycles. The van der Waals surface area contributed by atoms with Crippen LogP contribution in [0.5, 0.6) is 0 Å². The molecular formula is C20H25NO. The third kappa shape index (κ3) is 5.03. The van der Waals surface area contributed by atoms with Crippen LogP contribution in [0.15, 0.2) is 60.7 Å². The van der Waals surface area contributed by atoms with Gasteiger partial charge in [-0.15, -0.1) is 0 Å². The van der Waals surface area contributed by atoms with Crippen molar-refractivity contribution < 1.29 is 4.79 Å². The standard InChI is InChI=1S/C20H25NO/c1-16(10-9-13-18-11-5-3-6-12-18)20(22)21-17(2)19-14-7-4-8-15-19/h3-8,11-12,14-17H,9-10,13H2,1-2H3,(H,21,22). The van der Waals surface area contributed by atoms with Crippen LogP contribution in [-0.4, -0.2) is 5.91 Å². The number of hydrogen-bond acceptors (Lipinski definition) is 1. The van der Waals surface area contributed by atoms with E-state index in [-0.39, 0.29) is 17.9 Å². The van der Waals surface area contributed by atoms with E-state index in [9.17, 15) is 4.79 Å². The Morgan fingerprint density at radius 2 is 1.55 bits per heavy atom. The van der Waals surface area contributed by atoms with Gasteiger partial charge in [0.05, 0.1) is 6.04 Å². The fourth-order valence-corrected chi connectivity index (χ4v) is 2.57. The van der Waals surface area contributed by atoms with Crippen LogP contribution in [0.4, 0.5) is 0 Å². The molecular weight excluding hydrogens is 270 g/mol. The second-order valence-electron chi connectivity index (χ2n) is 5.92. The van der Waals surface area contributed by atoms with Gasteiger partial charge in [-0.3, -0.25) is 4.79 Å². The molecule has 2 nitrogen and oxygen atoms in total. The molecule has 2 atom stereocenters. The Morgan fingerprint density at radius 1 is 0.955 bits per heavy atom. The van der Waals surface area contributed by atoms with Gasteiger partial charge < -0.3 is 5.32 Å². The average Bonchev–Trinajstić information content (AvgIpc) is 2.56. The molecule has 0 aliphatic heterocycles. The summed E-state index contributed by atoms with van der Waals surface area (Å²) in [7, 11) is 0. The van der Waals surface area contributed by atoms with Gasteiger partial charge in [0, 0.05) is 5.92 Å². The Kier molecular flexibility index (Phi) is 6.20. The van der Waals surface area contributed by atoms with E-state index < -0.39 is 0 Å². The van der Waals surface area contributed by atoms with Crippen LogP contribution < -0.4 is 5.32 Å². The van der Waals surface area contributed by atoms with E-state index >= 15 is 0 Å². The van der Waals surface area contributed by atoms with Crippen molar-refractivity contribution in [2.75, 3.05) is 0 Å². The summed E-state index contributed by atoms with van der Waals surface area (Å²) >= 11 is 0. The van der Waals surface area contributed by atoms with Crippen molar-refractivity contribution >= 4 is 5.91 Å². The molecule has 116 valence electrons.